The molecule has 2 fully saturated rings. The van der Waals surface area contributed by atoms with Gasteiger partial charge in [-0.2, -0.15) is 0 Å². The van der Waals surface area contributed by atoms with Crippen LogP contribution in [0.2, 0.25) is 0 Å². The van der Waals surface area contributed by atoms with Gasteiger partial charge >= 0.3 is 0 Å². The topological polar surface area (TPSA) is 89.3 Å². The molecular formula is C18H24F2N2O3S. The first-order valence-electron chi connectivity index (χ1n) is 8.75. The number of primary sulfonamides is 1. The molecule has 5 nitrogen and oxygen atoms in total. The summed E-state index contributed by atoms with van der Waals surface area (Å²) in [7, 11) is -3.78. The number of nitrogens with two attached hydrogens (primary N) is 1. The molecule has 2 saturated carbocycles. The summed E-state index contributed by atoms with van der Waals surface area (Å²) < 4.78 is 50.7. The number of alkyl halides is 2. The van der Waals surface area contributed by atoms with Gasteiger partial charge in [0.1, 0.15) is 0 Å². The molecule has 0 radical (unpaired) electrons. The van der Waals surface area contributed by atoms with E-state index in [0.717, 1.165) is 5.56 Å². The van der Waals surface area contributed by atoms with Gasteiger partial charge in [0.25, 0.3) is 5.92 Å². The van der Waals surface area contributed by atoms with Crippen molar-refractivity contribution in [3.8, 4) is 0 Å². The Hall–Kier alpha value is -1.54. The van der Waals surface area contributed by atoms with E-state index in [1.165, 1.54) is 12.1 Å². The predicted molar refractivity (Wildman–Crippen MR) is 93.2 cm³/mol. The molecule has 0 aliphatic heterocycles. The molecule has 26 heavy (non-hydrogen) atoms. The fourth-order valence-corrected chi connectivity index (χ4v) is 4.66. The Balaban J connectivity index is 1.74. The molecule has 0 aromatic heterocycles. The van der Waals surface area contributed by atoms with Crippen LogP contribution in [0.15, 0.2) is 29.2 Å². The number of hydrogen-bond acceptors (Lipinski definition) is 3. The minimum Gasteiger partial charge on any atom is -0.347 e. The van der Waals surface area contributed by atoms with Crippen LogP contribution in [-0.4, -0.2) is 26.3 Å². The second kappa shape index (κ2) is 6.27. The summed E-state index contributed by atoms with van der Waals surface area (Å²) in [6.45, 7) is 3.82. The van der Waals surface area contributed by atoms with Crippen LogP contribution in [0.3, 0.4) is 0 Å². The Kier molecular flexibility index (Phi) is 4.63. The Morgan fingerprint density at radius 2 is 1.81 bits per heavy atom. The van der Waals surface area contributed by atoms with Crippen molar-refractivity contribution in [1.82, 2.24) is 5.32 Å². The molecular weight excluding hydrogens is 362 g/mol. The zero-order valence-electron chi connectivity index (χ0n) is 14.8. The summed E-state index contributed by atoms with van der Waals surface area (Å²) in [6, 6.07) is 4.97. The lowest BCUT2D eigenvalue weighted by Crippen LogP contribution is -2.50. The smallest absolute Gasteiger partial charge is 0.267 e. The van der Waals surface area contributed by atoms with Crippen molar-refractivity contribution < 1.29 is 22.0 Å². The van der Waals surface area contributed by atoms with Crippen molar-refractivity contribution >= 4 is 15.9 Å². The van der Waals surface area contributed by atoms with Gasteiger partial charge in [-0.1, -0.05) is 32.4 Å². The van der Waals surface area contributed by atoms with Crippen LogP contribution in [-0.2, 0) is 14.8 Å². The number of hydrogen-bond donors (Lipinski definition) is 2. The van der Waals surface area contributed by atoms with Crippen molar-refractivity contribution in [2.75, 3.05) is 0 Å². The van der Waals surface area contributed by atoms with Crippen LogP contribution in [0, 0.1) is 11.3 Å². The molecule has 0 saturated heterocycles. The Morgan fingerprint density at radius 1 is 1.19 bits per heavy atom. The van der Waals surface area contributed by atoms with Crippen LogP contribution in [0.1, 0.15) is 51.0 Å². The van der Waals surface area contributed by atoms with Gasteiger partial charge in [-0.25, -0.2) is 22.3 Å². The molecule has 3 rings (SSSR count). The molecule has 3 N–H and O–H groups in total. The highest BCUT2D eigenvalue weighted by Crippen LogP contribution is 2.64. The quantitative estimate of drug-likeness (QED) is 0.834. The van der Waals surface area contributed by atoms with E-state index in [1.54, 1.807) is 12.1 Å². The number of nitrogens with one attached hydrogen (secondary N) is 1. The van der Waals surface area contributed by atoms with Crippen LogP contribution < -0.4 is 10.5 Å². The van der Waals surface area contributed by atoms with E-state index in [9.17, 15) is 22.0 Å². The maximum absolute atomic E-state index is 14.0. The van der Waals surface area contributed by atoms with Gasteiger partial charge in [0, 0.05) is 12.3 Å². The van der Waals surface area contributed by atoms with E-state index >= 15 is 0 Å². The third-order valence-corrected chi connectivity index (χ3v) is 6.69. The van der Waals surface area contributed by atoms with Crippen molar-refractivity contribution in [3.63, 3.8) is 0 Å². The summed E-state index contributed by atoms with van der Waals surface area (Å²) in [6.07, 6.45) is 1.27. The van der Waals surface area contributed by atoms with Crippen LogP contribution in [0.4, 0.5) is 8.78 Å². The van der Waals surface area contributed by atoms with E-state index in [4.69, 9.17) is 5.14 Å². The van der Waals surface area contributed by atoms with Gasteiger partial charge in [0.15, 0.2) is 0 Å². The molecule has 1 unspecified atom stereocenters. The van der Waals surface area contributed by atoms with Gasteiger partial charge in [0.05, 0.1) is 16.9 Å². The van der Waals surface area contributed by atoms with Gasteiger partial charge in [-0.15, -0.1) is 0 Å². The number of carbonyl (C=O) groups excluding carboxylic acids is 1. The largest absolute Gasteiger partial charge is 0.347 e. The SMILES string of the molecule is CC1(C)[C@H](C(=O)NC2CCCCC2(F)F)[C@H]1c1ccc(S(N)(=O)=O)cc1. The standard InChI is InChI=1S/C18H24F2N2O3S/c1-17(2)14(11-6-8-12(9-7-11)26(21,24)25)15(17)16(23)22-13-5-3-4-10-18(13,19)20/h6-9,13-15H,3-5,10H2,1-2H3,(H,22,23)(H2,21,24,25)/t13?,14-,15+/m1/s1. The molecule has 144 valence electrons. The number of amides is 1. The first-order chi connectivity index (χ1) is 11.9. The maximum atomic E-state index is 14.0. The Labute approximate surface area is 152 Å². The number of carbonyl (C=O) groups is 1. The Morgan fingerprint density at radius 3 is 2.35 bits per heavy atom. The second-order valence-corrected chi connectivity index (χ2v) is 9.52. The lowest BCUT2D eigenvalue weighted by Gasteiger charge is -2.32. The third kappa shape index (κ3) is 3.49. The monoisotopic (exact) mass is 386 g/mol. The average molecular weight is 386 g/mol. The zero-order valence-corrected chi connectivity index (χ0v) is 15.7. The van der Waals surface area contributed by atoms with Gasteiger partial charge in [-0.05, 0) is 36.0 Å². The minimum atomic E-state index is -3.78. The Bertz CT molecular complexity index is 806. The summed E-state index contributed by atoms with van der Waals surface area (Å²) >= 11 is 0. The molecule has 1 amide bonds. The molecule has 1 aromatic rings. The molecule has 3 atom stereocenters. The number of halogens is 2. The van der Waals surface area contributed by atoms with Crippen LogP contribution >= 0.6 is 0 Å². The van der Waals surface area contributed by atoms with Crippen molar-refractivity contribution in [1.29, 1.82) is 0 Å². The number of rotatable bonds is 4. The number of sulfonamides is 1. The van der Waals surface area contributed by atoms with Gasteiger partial charge < -0.3 is 5.32 Å². The molecule has 0 heterocycles. The predicted octanol–water partition coefficient (Wildman–Crippen LogP) is 2.77. The normalized spacial score (nSPS) is 29.8. The van der Waals surface area contributed by atoms with E-state index in [0.29, 0.717) is 19.3 Å². The molecule has 0 spiro atoms. The molecule has 1 aromatic carbocycles. The number of benzene rings is 1. The highest BCUT2D eigenvalue weighted by molar-refractivity contribution is 7.89. The first-order valence-corrected chi connectivity index (χ1v) is 10.3. The highest BCUT2D eigenvalue weighted by Gasteiger charge is 2.62. The summed E-state index contributed by atoms with van der Waals surface area (Å²) in [5, 5.41) is 7.65. The van der Waals surface area contributed by atoms with Crippen molar-refractivity contribution in [2.24, 2.45) is 16.5 Å². The van der Waals surface area contributed by atoms with Gasteiger partial charge in [0.2, 0.25) is 15.9 Å². The van der Waals surface area contributed by atoms with Crippen LogP contribution in [0.25, 0.3) is 0 Å². The lowest BCUT2D eigenvalue weighted by atomic mass is 9.91. The lowest BCUT2D eigenvalue weighted by molar-refractivity contribution is -0.129. The van der Waals surface area contributed by atoms with Gasteiger partial charge in [-0.3, -0.25) is 4.79 Å². The summed E-state index contributed by atoms with van der Waals surface area (Å²) in [5.41, 5.74) is 0.426. The van der Waals surface area contributed by atoms with E-state index in [-0.39, 0.29) is 28.6 Å². The summed E-state index contributed by atoms with van der Waals surface area (Å²) in [4.78, 5) is 12.6. The third-order valence-electron chi connectivity index (χ3n) is 5.76. The zero-order chi connectivity index (χ0) is 19.3. The fraction of sp³-hybridized carbons (Fsp3) is 0.611. The highest BCUT2D eigenvalue weighted by atomic mass is 32.2. The van der Waals surface area contributed by atoms with E-state index in [2.05, 4.69) is 5.32 Å². The van der Waals surface area contributed by atoms with Crippen LogP contribution in [0.5, 0.6) is 0 Å². The van der Waals surface area contributed by atoms with E-state index < -0.39 is 27.9 Å². The fourth-order valence-electron chi connectivity index (χ4n) is 4.15. The van der Waals surface area contributed by atoms with Crippen molar-refractivity contribution in [3.05, 3.63) is 29.8 Å². The maximum Gasteiger partial charge on any atom is 0.267 e. The van der Waals surface area contributed by atoms with Crippen molar-refractivity contribution in [2.45, 2.75) is 62.3 Å². The van der Waals surface area contributed by atoms with E-state index in [1.807, 2.05) is 13.8 Å². The molecule has 0 bridgehead atoms. The first kappa shape index (κ1) is 19.2. The molecule has 8 heteroatoms. The molecule has 2 aliphatic carbocycles. The average Bonchev–Trinajstić information content (AvgIpc) is 3.11. The molecule has 2 aliphatic rings. The minimum absolute atomic E-state index is 0.00237. The second-order valence-electron chi connectivity index (χ2n) is 7.96. The summed E-state index contributed by atoms with van der Waals surface area (Å²) in [5.74, 6) is -3.78.